The molecular formula is C18H32ClIN4OS2. The molecule has 0 radical (unpaired) electrons. The van der Waals surface area contributed by atoms with E-state index >= 15 is 0 Å². The minimum absolute atomic E-state index is 0. The summed E-state index contributed by atoms with van der Waals surface area (Å²) in [5.41, 5.74) is 0. The van der Waals surface area contributed by atoms with Crippen molar-refractivity contribution in [3.63, 3.8) is 0 Å². The van der Waals surface area contributed by atoms with Crippen LogP contribution in [0.2, 0.25) is 4.34 Å². The highest BCUT2D eigenvalue weighted by Gasteiger charge is 2.21. The number of thiophene rings is 1. The van der Waals surface area contributed by atoms with Gasteiger partial charge in [-0.15, -0.1) is 35.3 Å². The summed E-state index contributed by atoms with van der Waals surface area (Å²) >= 11 is 7.68. The molecule has 1 saturated heterocycles. The number of halogens is 2. The largest absolute Gasteiger partial charge is 0.357 e. The molecule has 1 aliphatic heterocycles. The van der Waals surface area contributed by atoms with Gasteiger partial charge in [-0.1, -0.05) is 11.6 Å². The Labute approximate surface area is 192 Å². The van der Waals surface area contributed by atoms with E-state index in [1.165, 1.54) is 4.88 Å². The molecule has 0 aliphatic carbocycles. The van der Waals surface area contributed by atoms with Gasteiger partial charge in [0.2, 0.25) is 0 Å². The fraction of sp³-hybridized carbons (Fsp3) is 0.722. The predicted molar refractivity (Wildman–Crippen MR) is 130 cm³/mol. The number of aliphatic imine (C=N–C) groups is 1. The molecule has 0 saturated carbocycles. The van der Waals surface area contributed by atoms with Gasteiger partial charge in [0.25, 0.3) is 0 Å². The summed E-state index contributed by atoms with van der Waals surface area (Å²) in [5, 5.41) is 3.38. The Morgan fingerprint density at radius 2 is 1.96 bits per heavy atom. The lowest BCUT2D eigenvalue weighted by atomic mass is 10.3. The van der Waals surface area contributed by atoms with E-state index in [4.69, 9.17) is 16.6 Å². The SMILES string of the molecule is CCNC(=NCCS(=O)C(C)(C)C)N1CCN(Cc2ccc(Cl)s2)CC1.I. The van der Waals surface area contributed by atoms with Gasteiger partial charge in [-0.3, -0.25) is 14.1 Å². The zero-order chi connectivity index (χ0) is 19.2. The molecule has 0 aromatic carbocycles. The monoisotopic (exact) mass is 546 g/mol. The molecule has 1 fully saturated rings. The van der Waals surface area contributed by atoms with Crippen LogP contribution in [-0.2, 0) is 17.3 Å². The fourth-order valence-electron chi connectivity index (χ4n) is 2.74. The predicted octanol–water partition coefficient (Wildman–Crippen LogP) is 3.65. The molecule has 0 amide bonds. The third kappa shape index (κ3) is 8.55. The van der Waals surface area contributed by atoms with Crippen molar-refractivity contribution < 1.29 is 4.21 Å². The van der Waals surface area contributed by atoms with Crippen molar-refractivity contribution >= 4 is 63.7 Å². The van der Waals surface area contributed by atoms with Crippen LogP contribution in [0.15, 0.2) is 17.1 Å². The van der Waals surface area contributed by atoms with Crippen LogP contribution in [0, 0.1) is 0 Å². The lowest BCUT2D eigenvalue weighted by Gasteiger charge is -2.36. The Morgan fingerprint density at radius 1 is 1.30 bits per heavy atom. The summed E-state index contributed by atoms with van der Waals surface area (Å²) in [7, 11) is -0.860. The van der Waals surface area contributed by atoms with E-state index in [1.54, 1.807) is 11.3 Å². The van der Waals surface area contributed by atoms with Crippen LogP contribution >= 0.6 is 46.9 Å². The zero-order valence-electron chi connectivity index (χ0n) is 16.7. The summed E-state index contributed by atoms with van der Waals surface area (Å²) in [6, 6.07) is 4.08. The zero-order valence-corrected chi connectivity index (χ0v) is 21.4. The van der Waals surface area contributed by atoms with Crippen LogP contribution in [0.3, 0.4) is 0 Å². The Morgan fingerprint density at radius 3 is 2.48 bits per heavy atom. The molecule has 1 unspecified atom stereocenters. The molecule has 9 heteroatoms. The summed E-state index contributed by atoms with van der Waals surface area (Å²) in [6.45, 7) is 14.4. The molecule has 1 aromatic heterocycles. The van der Waals surface area contributed by atoms with Gasteiger partial charge in [-0.05, 0) is 39.8 Å². The number of hydrogen-bond acceptors (Lipinski definition) is 4. The maximum absolute atomic E-state index is 12.2. The average molecular weight is 547 g/mol. The van der Waals surface area contributed by atoms with E-state index < -0.39 is 10.8 Å². The van der Waals surface area contributed by atoms with Crippen LogP contribution < -0.4 is 5.32 Å². The van der Waals surface area contributed by atoms with E-state index in [0.717, 1.165) is 49.6 Å². The first-order chi connectivity index (χ1) is 12.3. The van der Waals surface area contributed by atoms with E-state index in [9.17, 15) is 4.21 Å². The highest BCUT2D eigenvalue weighted by Crippen LogP contribution is 2.23. The summed E-state index contributed by atoms with van der Waals surface area (Å²) in [6.07, 6.45) is 0. The number of nitrogens with zero attached hydrogens (tertiary/aromatic N) is 3. The molecule has 1 atom stereocenters. The number of piperazine rings is 1. The molecule has 1 aliphatic rings. The molecule has 5 nitrogen and oxygen atoms in total. The molecule has 27 heavy (non-hydrogen) atoms. The average Bonchev–Trinajstić information content (AvgIpc) is 2.99. The topological polar surface area (TPSA) is 47.9 Å². The van der Waals surface area contributed by atoms with Gasteiger partial charge < -0.3 is 10.2 Å². The van der Waals surface area contributed by atoms with Crippen LogP contribution in [0.4, 0.5) is 0 Å². The first-order valence-corrected chi connectivity index (χ1v) is 11.7. The third-order valence-electron chi connectivity index (χ3n) is 4.24. The number of hydrogen-bond donors (Lipinski definition) is 1. The second kappa shape index (κ2) is 11.9. The van der Waals surface area contributed by atoms with Gasteiger partial charge in [0.15, 0.2) is 5.96 Å². The van der Waals surface area contributed by atoms with Crippen LogP contribution in [0.5, 0.6) is 0 Å². The van der Waals surface area contributed by atoms with Crippen molar-refractivity contribution in [1.29, 1.82) is 0 Å². The maximum Gasteiger partial charge on any atom is 0.194 e. The molecular weight excluding hydrogens is 515 g/mol. The van der Waals surface area contributed by atoms with E-state index in [2.05, 4.69) is 28.1 Å². The quantitative estimate of drug-likeness (QED) is 0.336. The van der Waals surface area contributed by atoms with Crippen molar-refractivity contribution in [3.05, 3.63) is 21.3 Å². The van der Waals surface area contributed by atoms with Crippen LogP contribution in [0.1, 0.15) is 32.6 Å². The second-order valence-corrected chi connectivity index (χ2v) is 11.5. The van der Waals surface area contributed by atoms with Crippen molar-refractivity contribution in [2.45, 2.75) is 39.0 Å². The first-order valence-electron chi connectivity index (χ1n) is 9.18. The van der Waals surface area contributed by atoms with Crippen molar-refractivity contribution in [2.75, 3.05) is 45.0 Å². The second-order valence-electron chi connectivity index (χ2n) is 7.37. The van der Waals surface area contributed by atoms with Gasteiger partial charge in [0.1, 0.15) is 0 Å². The van der Waals surface area contributed by atoms with E-state index in [1.807, 2.05) is 26.8 Å². The van der Waals surface area contributed by atoms with Crippen LogP contribution in [0.25, 0.3) is 0 Å². The Kier molecular flexibility index (Phi) is 11.1. The Balaban J connectivity index is 0.00000364. The van der Waals surface area contributed by atoms with Gasteiger partial charge in [-0.2, -0.15) is 0 Å². The van der Waals surface area contributed by atoms with Crippen molar-refractivity contribution in [3.8, 4) is 0 Å². The summed E-state index contributed by atoms with van der Waals surface area (Å²) in [5.74, 6) is 1.55. The van der Waals surface area contributed by atoms with Gasteiger partial charge in [0, 0.05) is 65.4 Å². The van der Waals surface area contributed by atoms with Crippen molar-refractivity contribution in [2.24, 2.45) is 4.99 Å². The maximum atomic E-state index is 12.2. The normalized spacial score (nSPS) is 17.5. The molecule has 2 heterocycles. The minimum atomic E-state index is -0.860. The van der Waals surface area contributed by atoms with Crippen molar-refractivity contribution in [1.82, 2.24) is 15.1 Å². The van der Waals surface area contributed by atoms with Gasteiger partial charge >= 0.3 is 0 Å². The standard InChI is InChI=1S/C18H31ClN4OS2.HI/c1-5-20-17(21-8-13-26(24)18(2,3)4)23-11-9-22(10-12-23)14-15-6-7-16(19)25-15;/h6-7H,5,8-14H2,1-4H3,(H,20,21);1H. The van der Waals surface area contributed by atoms with Crippen LogP contribution in [-0.4, -0.2) is 69.7 Å². The highest BCUT2D eigenvalue weighted by molar-refractivity contribution is 14.0. The summed E-state index contributed by atoms with van der Waals surface area (Å²) in [4.78, 5) is 10.8. The molecule has 0 bridgehead atoms. The lowest BCUT2D eigenvalue weighted by molar-refractivity contribution is 0.174. The number of rotatable bonds is 6. The van der Waals surface area contributed by atoms with E-state index in [-0.39, 0.29) is 28.7 Å². The molecule has 1 N–H and O–H groups in total. The fourth-order valence-corrected chi connectivity index (χ4v) is 4.74. The van der Waals surface area contributed by atoms with Gasteiger partial charge in [-0.25, -0.2) is 0 Å². The first kappa shape index (κ1) is 25.1. The smallest absolute Gasteiger partial charge is 0.194 e. The Hall–Kier alpha value is 0.1000. The van der Waals surface area contributed by atoms with Gasteiger partial charge in [0.05, 0.1) is 10.9 Å². The lowest BCUT2D eigenvalue weighted by Crippen LogP contribution is -2.52. The number of guanidine groups is 1. The Bertz CT molecular complexity index is 625. The molecule has 0 spiro atoms. The summed E-state index contributed by atoms with van der Waals surface area (Å²) < 4.78 is 12.9. The third-order valence-corrected chi connectivity index (χ3v) is 7.37. The number of nitrogens with one attached hydrogen (secondary N) is 1. The minimum Gasteiger partial charge on any atom is -0.357 e. The van der Waals surface area contributed by atoms with E-state index in [0.29, 0.717) is 12.3 Å². The molecule has 2 rings (SSSR count). The molecule has 1 aromatic rings. The highest BCUT2D eigenvalue weighted by atomic mass is 127. The molecule has 156 valence electrons.